The third kappa shape index (κ3) is 5.69. The summed E-state index contributed by atoms with van der Waals surface area (Å²) in [6.07, 6.45) is 2.69. The molecule has 0 spiro atoms. The van der Waals surface area contributed by atoms with Crippen LogP contribution in [0.2, 0.25) is 0 Å². The highest BCUT2D eigenvalue weighted by molar-refractivity contribution is 5.78. The fourth-order valence-electron chi connectivity index (χ4n) is 2.45. The number of rotatable bonds is 9. The number of benzene rings is 2. The maximum absolute atomic E-state index is 13.5. The Bertz CT molecular complexity index is 658. The number of halogens is 1. The first-order chi connectivity index (χ1) is 11.7. The Morgan fingerprint density at radius 1 is 1.08 bits per heavy atom. The first-order valence-corrected chi connectivity index (χ1v) is 8.41. The summed E-state index contributed by atoms with van der Waals surface area (Å²) in [4.78, 5) is 11.9. The molecule has 0 aliphatic carbocycles. The Morgan fingerprint density at radius 2 is 1.79 bits per heavy atom. The summed E-state index contributed by atoms with van der Waals surface area (Å²) in [6, 6.07) is 14.3. The first kappa shape index (κ1) is 18.0. The van der Waals surface area contributed by atoms with Gasteiger partial charge in [0.15, 0.2) is 0 Å². The van der Waals surface area contributed by atoms with Crippen LogP contribution in [0.5, 0.6) is 5.75 Å². The highest BCUT2D eigenvalue weighted by atomic mass is 19.1. The largest absolute Gasteiger partial charge is 0.493 e. The SMILES string of the molecule is CCCOc1ccccc1CCCNC(=O)Cc1ccccc1F. The second-order valence-electron chi connectivity index (χ2n) is 5.68. The molecule has 0 unspecified atom stereocenters. The standard InChI is InChI=1S/C20H24FNO2/c1-2-14-24-19-12-6-4-8-16(19)10-7-13-22-20(23)15-17-9-3-5-11-18(17)21/h3-6,8-9,11-12H,2,7,10,13-15H2,1H3,(H,22,23). The molecule has 2 aromatic carbocycles. The van der Waals surface area contributed by atoms with E-state index >= 15 is 0 Å². The van der Waals surface area contributed by atoms with Gasteiger partial charge in [-0.1, -0.05) is 43.3 Å². The van der Waals surface area contributed by atoms with Crippen LogP contribution in [0.3, 0.4) is 0 Å². The highest BCUT2D eigenvalue weighted by Crippen LogP contribution is 2.19. The second kappa shape index (κ2) is 9.71. The van der Waals surface area contributed by atoms with Crippen molar-refractivity contribution < 1.29 is 13.9 Å². The molecule has 128 valence electrons. The molecule has 2 aromatic rings. The van der Waals surface area contributed by atoms with Crippen molar-refractivity contribution in [3.05, 3.63) is 65.5 Å². The molecule has 0 radical (unpaired) electrons. The van der Waals surface area contributed by atoms with Gasteiger partial charge in [0, 0.05) is 6.54 Å². The van der Waals surface area contributed by atoms with E-state index in [1.807, 2.05) is 24.3 Å². The Labute approximate surface area is 142 Å². The number of nitrogens with one attached hydrogen (secondary N) is 1. The molecule has 0 saturated carbocycles. The number of ether oxygens (including phenoxy) is 1. The van der Waals surface area contributed by atoms with Gasteiger partial charge in [-0.2, -0.15) is 0 Å². The van der Waals surface area contributed by atoms with E-state index in [9.17, 15) is 9.18 Å². The minimum Gasteiger partial charge on any atom is -0.493 e. The lowest BCUT2D eigenvalue weighted by Crippen LogP contribution is -2.26. The van der Waals surface area contributed by atoms with Crippen LogP contribution < -0.4 is 10.1 Å². The molecule has 2 rings (SSSR count). The molecule has 1 amide bonds. The molecule has 4 heteroatoms. The summed E-state index contributed by atoms with van der Waals surface area (Å²) in [7, 11) is 0. The molecule has 0 saturated heterocycles. The van der Waals surface area contributed by atoms with Gasteiger partial charge in [-0.3, -0.25) is 4.79 Å². The number of amides is 1. The molecule has 3 nitrogen and oxygen atoms in total. The molecule has 0 aliphatic heterocycles. The summed E-state index contributed by atoms with van der Waals surface area (Å²) in [5.74, 6) is 0.419. The molecule has 24 heavy (non-hydrogen) atoms. The number of aryl methyl sites for hydroxylation is 1. The van der Waals surface area contributed by atoms with Gasteiger partial charge < -0.3 is 10.1 Å². The van der Waals surface area contributed by atoms with Crippen LogP contribution in [0.1, 0.15) is 30.9 Å². The predicted octanol–water partition coefficient (Wildman–Crippen LogP) is 3.91. The highest BCUT2D eigenvalue weighted by Gasteiger charge is 2.07. The molecule has 0 aromatic heterocycles. The Hall–Kier alpha value is -2.36. The van der Waals surface area contributed by atoms with E-state index in [2.05, 4.69) is 12.2 Å². The van der Waals surface area contributed by atoms with Crippen LogP contribution >= 0.6 is 0 Å². The van der Waals surface area contributed by atoms with E-state index in [0.717, 1.165) is 30.6 Å². The van der Waals surface area contributed by atoms with Crippen molar-refractivity contribution in [1.82, 2.24) is 5.32 Å². The molecule has 0 atom stereocenters. The minimum absolute atomic E-state index is 0.0723. The maximum atomic E-state index is 13.5. The fraction of sp³-hybridized carbons (Fsp3) is 0.350. The van der Waals surface area contributed by atoms with Crippen molar-refractivity contribution in [2.75, 3.05) is 13.2 Å². The molecular weight excluding hydrogens is 305 g/mol. The smallest absolute Gasteiger partial charge is 0.224 e. The lowest BCUT2D eigenvalue weighted by atomic mass is 10.1. The Kier molecular flexibility index (Phi) is 7.27. The molecule has 0 fully saturated rings. The normalized spacial score (nSPS) is 10.4. The fourth-order valence-corrected chi connectivity index (χ4v) is 2.45. The molecule has 1 N–H and O–H groups in total. The van der Waals surface area contributed by atoms with Crippen LogP contribution in [-0.4, -0.2) is 19.1 Å². The zero-order valence-electron chi connectivity index (χ0n) is 14.1. The van der Waals surface area contributed by atoms with E-state index in [1.54, 1.807) is 18.2 Å². The third-order valence-corrected chi connectivity index (χ3v) is 3.69. The lowest BCUT2D eigenvalue weighted by molar-refractivity contribution is -0.120. The maximum Gasteiger partial charge on any atom is 0.224 e. The van der Waals surface area contributed by atoms with Crippen LogP contribution in [0.4, 0.5) is 4.39 Å². The Morgan fingerprint density at radius 3 is 2.54 bits per heavy atom. The molecule has 0 bridgehead atoms. The van der Waals surface area contributed by atoms with Gasteiger partial charge in [-0.05, 0) is 42.5 Å². The average molecular weight is 329 g/mol. The number of carbonyl (C=O) groups excluding carboxylic acids is 1. The van der Waals surface area contributed by atoms with E-state index in [1.165, 1.54) is 6.07 Å². The number of carbonyl (C=O) groups is 1. The summed E-state index contributed by atoms with van der Waals surface area (Å²) < 4.78 is 19.2. The van der Waals surface area contributed by atoms with Gasteiger partial charge in [0.2, 0.25) is 5.91 Å². The second-order valence-corrected chi connectivity index (χ2v) is 5.68. The monoisotopic (exact) mass is 329 g/mol. The zero-order chi connectivity index (χ0) is 17.2. The third-order valence-electron chi connectivity index (χ3n) is 3.69. The number of hydrogen-bond donors (Lipinski definition) is 1. The van der Waals surface area contributed by atoms with E-state index in [0.29, 0.717) is 18.7 Å². The van der Waals surface area contributed by atoms with Crippen LogP contribution in [0.15, 0.2) is 48.5 Å². The minimum atomic E-state index is -0.338. The number of hydrogen-bond acceptors (Lipinski definition) is 2. The van der Waals surface area contributed by atoms with Gasteiger partial charge in [0.05, 0.1) is 13.0 Å². The molecular formula is C20H24FNO2. The van der Waals surface area contributed by atoms with Gasteiger partial charge in [-0.25, -0.2) is 4.39 Å². The van der Waals surface area contributed by atoms with Crippen molar-refractivity contribution in [3.8, 4) is 5.75 Å². The zero-order valence-corrected chi connectivity index (χ0v) is 14.1. The van der Waals surface area contributed by atoms with Crippen molar-refractivity contribution in [3.63, 3.8) is 0 Å². The van der Waals surface area contributed by atoms with Crippen molar-refractivity contribution in [1.29, 1.82) is 0 Å². The Balaban J connectivity index is 1.75. The lowest BCUT2D eigenvalue weighted by Gasteiger charge is -2.11. The van der Waals surface area contributed by atoms with Gasteiger partial charge >= 0.3 is 0 Å². The van der Waals surface area contributed by atoms with Crippen molar-refractivity contribution >= 4 is 5.91 Å². The predicted molar refractivity (Wildman–Crippen MR) is 93.7 cm³/mol. The van der Waals surface area contributed by atoms with Crippen molar-refractivity contribution in [2.45, 2.75) is 32.6 Å². The van der Waals surface area contributed by atoms with Crippen LogP contribution in [0, 0.1) is 5.82 Å². The van der Waals surface area contributed by atoms with Gasteiger partial charge in [0.25, 0.3) is 0 Å². The molecule has 0 heterocycles. The van der Waals surface area contributed by atoms with Gasteiger partial charge in [0.1, 0.15) is 11.6 Å². The van der Waals surface area contributed by atoms with Crippen LogP contribution in [-0.2, 0) is 17.6 Å². The average Bonchev–Trinajstić information content (AvgIpc) is 2.60. The van der Waals surface area contributed by atoms with Crippen molar-refractivity contribution in [2.24, 2.45) is 0 Å². The van der Waals surface area contributed by atoms with E-state index < -0.39 is 0 Å². The van der Waals surface area contributed by atoms with E-state index in [-0.39, 0.29) is 18.1 Å². The summed E-state index contributed by atoms with van der Waals surface area (Å²) >= 11 is 0. The summed E-state index contributed by atoms with van der Waals surface area (Å²) in [6.45, 7) is 3.35. The number of para-hydroxylation sites is 1. The first-order valence-electron chi connectivity index (χ1n) is 8.41. The van der Waals surface area contributed by atoms with Gasteiger partial charge in [-0.15, -0.1) is 0 Å². The summed E-state index contributed by atoms with van der Waals surface area (Å²) in [5, 5.41) is 2.84. The van der Waals surface area contributed by atoms with E-state index in [4.69, 9.17) is 4.74 Å². The van der Waals surface area contributed by atoms with Crippen LogP contribution in [0.25, 0.3) is 0 Å². The quantitative estimate of drug-likeness (QED) is 0.709. The topological polar surface area (TPSA) is 38.3 Å². The summed E-state index contributed by atoms with van der Waals surface area (Å²) in [5.41, 5.74) is 1.57. The molecule has 0 aliphatic rings.